The lowest BCUT2D eigenvalue weighted by Gasteiger charge is -2.25. The minimum atomic E-state index is -0.340. The van der Waals surface area contributed by atoms with Crippen LogP contribution in [0.3, 0.4) is 0 Å². The number of halogens is 2. The van der Waals surface area contributed by atoms with Gasteiger partial charge in [-0.2, -0.15) is 0 Å². The Morgan fingerprint density at radius 2 is 0.640 bits per heavy atom. The third kappa shape index (κ3) is 9.40. The van der Waals surface area contributed by atoms with Gasteiger partial charge in [0.1, 0.15) is 0 Å². The molecular weight excluding hydrogens is 704 g/mol. The first-order valence-corrected chi connectivity index (χ1v) is 16.9. The molecule has 6 rings (SSSR count). The summed E-state index contributed by atoms with van der Waals surface area (Å²) in [5, 5.41) is 6.86. The van der Waals surface area contributed by atoms with Crippen LogP contribution in [0.15, 0.2) is 170 Å². The number of thiocarbonyl (C=S) groups is 2. The van der Waals surface area contributed by atoms with Crippen molar-refractivity contribution in [1.29, 1.82) is 0 Å². The highest BCUT2D eigenvalue weighted by Crippen LogP contribution is 2.27. The molecule has 0 spiro atoms. The number of hydrogen-bond donors (Lipinski definition) is 2. The van der Waals surface area contributed by atoms with Crippen LogP contribution in [0.25, 0.3) is 0 Å². The molecule has 10 heteroatoms. The monoisotopic (exact) mass is 732 g/mol. The van der Waals surface area contributed by atoms with Gasteiger partial charge >= 0.3 is 0 Å². The molecule has 0 radical (unpaired) electrons. The second-order valence-electron chi connectivity index (χ2n) is 10.5. The summed E-state index contributed by atoms with van der Waals surface area (Å²) in [4.78, 5) is 28.7. The molecule has 6 nitrogen and oxygen atoms in total. The SMILES string of the molecule is O=C(NC(=S)N(c1ccccc1)c1ccccc1)c1ccccc1Cl.O=C(NC(=S)N(c1ccccc1)c1ccccc1)c1ccccc1Cl. The van der Waals surface area contributed by atoms with E-state index < -0.39 is 0 Å². The molecule has 6 aromatic rings. The van der Waals surface area contributed by atoms with Gasteiger partial charge in [-0.1, -0.05) is 120 Å². The fraction of sp³-hybridized carbons (Fsp3) is 0. The number of para-hydroxylation sites is 4. The molecule has 0 aliphatic rings. The Labute approximate surface area is 311 Å². The number of amides is 2. The summed E-state index contributed by atoms with van der Waals surface area (Å²) in [7, 11) is 0. The first-order chi connectivity index (χ1) is 24.3. The van der Waals surface area contributed by atoms with Gasteiger partial charge in [-0.25, -0.2) is 0 Å². The van der Waals surface area contributed by atoms with Crippen molar-refractivity contribution in [2.45, 2.75) is 0 Å². The third-order valence-electron chi connectivity index (χ3n) is 7.14. The Balaban J connectivity index is 0.000000194. The first kappa shape index (κ1) is 35.9. The molecule has 0 bridgehead atoms. The van der Waals surface area contributed by atoms with Crippen molar-refractivity contribution in [1.82, 2.24) is 10.6 Å². The average Bonchev–Trinajstić information content (AvgIpc) is 3.14. The number of nitrogens with one attached hydrogen (secondary N) is 2. The van der Waals surface area contributed by atoms with Gasteiger partial charge in [-0.15, -0.1) is 0 Å². The Morgan fingerprint density at radius 3 is 0.900 bits per heavy atom. The lowest BCUT2D eigenvalue weighted by atomic mass is 10.2. The summed E-state index contributed by atoms with van der Waals surface area (Å²) < 4.78 is 0. The van der Waals surface area contributed by atoms with E-state index in [-0.39, 0.29) is 22.0 Å². The molecule has 0 fully saturated rings. The van der Waals surface area contributed by atoms with E-state index >= 15 is 0 Å². The Morgan fingerprint density at radius 1 is 0.400 bits per heavy atom. The summed E-state index contributed by atoms with van der Waals surface area (Å²) in [5.41, 5.74) is 4.20. The maximum Gasteiger partial charge on any atom is 0.258 e. The highest BCUT2D eigenvalue weighted by Gasteiger charge is 2.20. The van der Waals surface area contributed by atoms with Crippen LogP contribution >= 0.6 is 47.6 Å². The van der Waals surface area contributed by atoms with Gasteiger partial charge in [0.05, 0.1) is 21.2 Å². The zero-order chi connectivity index (χ0) is 35.3. The van der Waals surface area contributed by atoms with Crippen molar-refractivity contribution in [3.63, 3.8) is 0 Å². The molecular formula is C40H30Cl2N4O2S2. The third-order valence-corrected chi connectivity index (χ3v) is 8.37. The number of rotatable bonds is 6. The van der Waals surface area contributed by atoms with Crippen molar-refractivity contribution in [3.8, 4) is 0 Å². The van der Waals surface area contributed by atoms with Gasteiger partial charge < -0.3 is 0 Å². The predicted octanol–water partition coefficient (Wildman–Crippen LogP) is 10.4. The summed E-state index contributed by atoms with van der Waals surface area (Å²) in [6.45, 7) is 0. The van der Waals surface area contributed by atoms with Crippen LogP contribution in [0, 0.1) is 0 Å². The number of carbonyl (C=O) groups excluding carboxylic acids is 2. The number of carbonyl (C=O) groups is 2. The zero-order valence-electron chi connectivity index (χ0n) is 26.4. The maximum atomic E-state index is 12.5. The van der Waals surface area contributed by atoms with E-state index in [1.165, 1.54) is 0 Å². The molecule has 2 N–H and O–H groups in total. The van der Waals surface area contributed by atoms with Crippen LogP contribution in [-0.2, 0) is 0 Å². The Kier molecular flexibility index (Phi) is 12.8. The number of anilines is 4. The van der Waals surface area contributed by atoms with Crippen LogP contribution in [0.1, 0.15) is 20.7 Å². The van der Waals surface area contributed by atoms with Crippen molar-refractivity contribution in [3.05, 3.63) is 191 Å². The van der Waals surface area contributed by atoms with E-state index in [1.54, 1.807) is 48.5 Å². The van der Waals surface area contributed by atoms with Crippen molar-refractivity contribution in [2.75, 3.05) is 9.80 Å². The highest BCUT2D eigenvalue weighted by atomic mass is 35.5. The van der Waals surface area contributed by atoms with Gasteiger partial charge in [0.25, 0.3) is 11.8 Å². The molecule has 2 amide bonds. The van der Waals surface area contributed by atoms with E-state index in [1.807, 2.05) is 131 Å². The number of hydrogen-bond acceptors (Lipinski definition) is 4. The van der Waals surface area contributed by atoms with Gasteiger partial charge in [0, 0.05) is 22.7 Å². The summed E-state index contributed by atoms with van der Waals surface area (Å²) in [5.74, 6) is -0.681. The van der Waals surface area contributed by atoms with E-state index in [2.05, 4.69) is 10.6 Å². The number of nitrogens with zero attached hydrogens (tertiary/aromatic N) is 2. The van der Waals surface area contributed by atoms with E-state index in [0.717, 1.165) is 22.7 Å². The Bertz CT molecular complexity index is 1840. The lowest BCUT2D eigenvalue weighted by molar-refractivity contribution is 0.0969. The molecule has 0 atom stereocenters. The van der Waals surface area contributed by atoms with Crippen LogP contribution in [0.2, 0.25) is 10.0 Å². The van der Waals surface area contributed by atoms with Gasteiger partial charge in [0.2, 0.25) is 0 Å². The molecule has 6 aromatic carbocycles. The smallest absolute Gasteiger partial charge is 0.258 e. The molecule has 0 heterocycles. The molecule has 0 aliphatic heterocycles. The van der Waals surface area contributed by atoms with Crippen LogP contribution in [0.5, 0.6) is 0 Å². The molecule has 0 saturated heterocycles. The Hall–Kier alpha value is -5.38. The summed E-state index contributed by atoms with van der Waals surface area (Å²) >= 11 is 23.2. The van der Waals surface area contributed by atoms with Gasteiger partial charge in [0.15, 0.2) is 10.2 Å². The van der Waals surface area contributed by atoms with Crippen molar-refractivity contribution < 1.29 is 9.59 Å². The van der Waals surface area contributed by atoms with Crippen LogP contribution in [0.4, 0.5) is 22.7 Å². The molecule has 0 unspecified atom stereocenters. The molecule has 248 valence electrons. The zero-order valence-corrected chi connectivity index (χ0v) is 29.6. The van der Waals surface area contributed by atoms with E-state index in [4.69, 9.17) is 47.6 Å². The van der Waals surface area contributed by atoms with Crippen molar-refractivity contribution >= 4 is 92.4 Å². The second kappa shape index (κ2) is 17.9. The number of benzene rings is 6. The molecule has 0 aliphatic carbocycles. The van der Waals surface area contributed by atoms with Gasteiger partial charge in [-0.05, 0) is 97.2 Å². The minimum Gasteiger partial charge on any atom is -0.298 e. The van der Waals surface area contributed by atoms with E-state index in [0.29, 0.717) is 21.2 Å². The average molecular weight is 734 g/mol. The standard InChI is InChI=1S/2C20H15ClN2OS/c2*21-18-14-8-7-13-17(18)19(24)22-20(25)23(15-9-3-1-4-10-15)16-11-5-2-6-12-16/h2*1-14H,(H,22,24,25). The molecule has 0 saturated carbocycles. The summed E-state index contributed by atoms with van der Waals surface area (Å²) in [6, 6.07) is 52.3. The van der Waals surface area contributed by atoms with E-state index in [9.17, 15) is 9.59 Å². The molecule has 50 heavy (non-hydrogen) atoms. The molecule has 0 aromatic heterocycles. The first-order valence-electron chi connectivity index (χ1n) is 15.3. The fourth-order valence-corrected chi connectivity index (χ4v) is 5.86. The normalized spacial score (nSPS) is 10.1. The van der Waals surface area contributed by atoms with Gasteiger partial charge in [-0.3, -0.25) is 30.0 Å². The van der Waals surface area contributed by atoms with Crippen molar-refractivity contribution in [2.24, 2.45) is 0 Å². The second-order valence-corrected chi connectivity index (χ2v) is 12.1. The fourth-order valence-electron chi connectivity index (χ4n) is 4.81. The quantitative estimate of drug-likeness (QED) is 0.166. The maximum absolute atomic E-state index is 12.5. The highest BCUT2D eigenvalue weighted by molar-refractivity contribution is 7.80. The summed E-state index contributed by atoms with van der Waals surface area (Å²) in [6.07, 6.45) is 0. The lowest BCUT2D eigenvalue weighted by Crippen LogP contribution is -2.40. The minimum absolute atomic E-state index is 0.280. The predicted molar refractivity (Wildman–Crippen MR) is 213 cm³/mol. The van der Waals surface area contributed by atoms with Crippen LogP contribution < -0.4 is 20.4 Å². The van der Waals surface area contributed by atoms with Crippen LogP contribution in [-0.4, -0.2) is 22.0 Å². The topological polar surface area (TPSA) is 64.7 Å². The largest absolute Gasteiger partial charge is 0.298 e.